The van der Waals surface area contributed by atoms with E-state index in [0.717, 1.165) is 56.9 Å². The Kier molecular flexibility index (Phi) is 5.91. The van der Waals surface area contributed by atoms with Crippen molar-refractivity contribution < 1.29 is 9.53 Å². The second kappa shape index (κ2) is 8.58. The van der Waals surface area contributed by atoms with Crippen LogP contribution in [0.5, 0.6) is 5.75 Å². The maximum absolute atomic E-state index is 12.9. The molecule has 0 bridgehead atoms. The van der Waals surface area contributed by atoms with Crippen LogP contribution in [0, 0.1) is 5.41 Å². The molecule has 29 heavy (non-hydrogen) atoms. The molecule has 0 atom stereocenters. The van der Waals surface area contributed by atoms with Crippen LogP contribution in [0.25, 0.3) is 0 Å². The van der Waals surface area contributed by atoms with E-state index in [4.69, 9.17) is 4.74 Å². The fourth-order valence-corrected chi connectivity index (χ4v) is 4.80. The van der Waals surface area contributed by atoms with Gasteiger partial charge in [0, 0.05) is 25.2 Å². The number of amides is 1. The highest BCUT2D eigenvalue weighted by molar-refractivity contribution is 5.94. The molecular weight excluding hydrogens is 360 g/mol. The van der Waals surface area contributed by atoms with Crippen LogP contribution >= 0.6 is 0 Å². The highest BCUT2D eigenvalue weighted by Crippen LogP contribution is 2.41. The topological polar surface area (TPSA) is 32.8 Å². The van der Waals surface area contributed by atoms with Gasteiger partial charge in [0.1, 0.15) is 5.75 Å². The zero-order chi connectivity index (χ0) is 20.3. The maximum Gasteiger partial charge on any atom is 0.253 e. The molecule has 0 aromatic heterocycles. The fraction of sp³-hybridized carbons (Fsp3) is 0.480. The molecule has 4 rings (SSSR count). The van der Waals surface area contributed by atoms with Crippen molar-refractivity contribution in [3.63, 3.8) is 0 Å². The predicted octanol–water partition coefficient (Wildman–Crippen LogP) is 4.39. The lowest BCUT2D eigenvalue weighted by atomic mass is 9.77. The van der Waals surface area contributed by atoms with E-state index in [1.165, 1.54) is 24.0 Å². The summed E-state index contributed by atoms with van der Waals surface area (Å²) in [5.41, 5.74) is 3.72. The molecule has 1 amide bonds. The summed E-state index contributed by atoms with van der Waals surface area (Å²) in [5.74, 6) is 1.12. The average molecular weight is 393 g/mol. The van der Waals surface area contributed by atoms with Gasteiger partial charge in [-0.2, -0.15) is 0 Å². The van der Waals surface area contributed by atoms with Gasteiger partial charge in [-0.25, -0.2) is 0 Å². The molecule has 2 heterocycles. The van der Waals surface area contributed by atoms with Gasteiger partial charge in [-0.15, -0.1) is 0 Å². The van der Waals surface area contributed by atoms with E-state index in [0.29, 0.717) is 5.41 Å². The molecule has 0 N–H and O–H groups in total. The molecule has 154 valence electrons. The Morgan fingerprint density at radius 1 is 1.00 bits per heavy atom. The van der Waals surface area contributed by atoms with Crippen LogP contribution in [0.1, 0.15) is 47.7 Å². The van der Waals surface area contributed by atoms with Gasteiger partial charge in [-0.3, -0.25) is 9.69 Å². The largest absolute Gasteiger partial charge is 0.497 e. The molecule has 2 fully saturated rings. The Morgan fingerprint density at radius 2 is 1.72 bits per heavy atom. The summed E-state index contributed by atoms with van der Waals surface area (Å²) in [6.45, 7) is 7.12. The molecule has 2 saturated heterocycles. The number of hydrogen-bond acceptors (Lipinski definition) is 3. The van der Waals surface area contributed by atoms with Gasteiger partial charge < -0.3 is 9.64 Å². The van der Waals surface area contributed by atoms with Crippen LogP contribution in [0.3, 0.4) is 0 Å². The summed E-state index contributed by atoms with van der Waals surface area (Å²) in [7, 11) is 1.72. The van der Waals surface area contributed by atoms with E-state index < -0.39 is 0 Å². The molecule has 0 unspecified atom stereocenters. The van der Waals surface area contributed by atoms with E-state index in [1.807, 2.05) is 18.2 Å². The zero-order valence-corrected chi connectivity index (χ0v) is 17.7. The van der Waals surface area contributed by atoms with E-state index in [-0.39, 0.29) is 5.91 Å². The van der Waals surface area contributed by atoms with Gasteiger partial charge in [-0.05, 0) is 79.6 Å². The number of carbonyl (C=O) groups is 1. The lowest BCUT2D eigenvalue weighted by molar-refractivity contribution is 0.0714. The molecule has 4 heteroatoms. The molecule has 1 spiro atoms. The van der Waals surface area contributed by atoms with Crippen LogP contribution in [-0.2, 0) is 13.0 Å². The van der Waals surface area contributed by atoms with Crippen molar-refractivity contribution in [3.8, 4) is 5.75 Å². The summed E-state index contributed by atoms with van der Waals surface area (Å²) in [6.07, 6.45) is 4.50. The minimum atomic E-state index is 0.198. The first-order valence-corrected chi connectivity index (χ1v) is 10.8. The number of piperidine rings is 1. The molecule has 2 aromatic carbocycles. The summed E-state index contributed by atoms with van der Waals surface area (Å²) in [5, 5.41) is 0. The van der Waals surface area contributed by atoms with Crippen LogP contribution in [0.15, 0.2) is 48.5 Å². The first-order chi connectivity index (χ1) is 14.1. The van der Waals surface area contributed by atoms with E-state index in [9.17, 15) is 4.79 Å². The summed E-state index contributed by atoms with van der Waals surface area (Å²) in [4.78, 5) is 17.6. The molecule has 2 aliphatic heterocycles. The minimum Gasteiger partial charge on any atom is -0.497 e. The van der Waals surface area contributed by atoms with Crippen molar-refractivity contribution >= 4 is 5.91 Å². The van der Waals surface area contributed by atoms with Gasteiger partial charge in [0.15, 0.2) is 0 Å². The third-order valence-electron chi connectivity index (χ3n) is 6.79. The number of benzene rings is 2. The van der Waals surface area contributed by atoms with Gasteiger partial charge in [-0.1, -0.05) is 31.2 Å². The van der Waals surface area contributed by atoms with Gasteiger partial charge >= 0.3 is 0 Å². The van der Waals surface area contributed by atoms with Crippen molar-refractivity contribution in [1.82, 2.24) is 9.80 Å². The van der Waals surface area contributed by atoms with Crippen molar-refractivity contribution in [2.75, 3.05) is 33.3 Å². The fourth-order valence-electron chi connectivity index (χ4n) is 4.80. The Morgan fingerprint density at radius 3 is 2.41 bits per heavy atom. The smallest absolute Gasteiger partial charge is 0.253 e. The summed E-state index contributed by atoms with van der Waals surface area (Å²) in [6, 6.07) is 16.5. The lowest BCUT2D eigenvalue weighted by Crippen LogP contribution is -2.41. The SMILES string of the molecule is CCc1ccc(C(=O)N2CCC3(CCN(Cc4cccc(OC)c4)CC3)C2)cc1. The molecule has 2 aliphatic rings. The van der Waals surface area contributed by atoms with Crippen LogP contribution in [0.2, 0.25) is 0 Å². The van der Waals surface area contributed by atoms with Crippen LogP contribution in [-0.4, -0.2) is 49.0 Å². The van der Waals surface area contributed by atoms with Gasteiger partial charge in [0.2, 0.25) is 0 Å². The number of nitrogens with zero attached hydrogens (tertiary/aromatic N) is 2. The molecule has 2 aromatic rings. The highest BCUT2D eigenvalue weighted by Gasteiger charge is 2.42. The third kappa shape index (κ3) is 4.48. The van der Waals surface area contributed by atoms with Crippen molar-refractivity contribution in [1.29, 1.82) is 0 Å². The monoisotopic (exact) mass is 392 g/mol. The maximum atomic E-state index is 12.9. The number of rotatable bonds is 5. The van der Waals surface area contributed by atoms with Crippen LogP contribution < -0.4 is 4.74 Å². The number of carbonyl (C=O) groups excluding carboxylic acids is 1. The molecule has 0 aliphatic carbocycles. The number of ether oxygens (including phenoxy) is 1. The molecule has 4 nitrogen and oxygen atoms in total. The Hall–Kier alpha value is -2.33. The number of likely N-dealkylation sites (tertiary alicyclic amines) is 2. The summed E-state index contributed by atoms with van der Waals surface area (Å²) >= 11 is 0. The second-order valence-corrected chi connectivity index (χ2v) is 8.65. The second-order valence-electron chi connectivity index (χ2n) is 8.65. The zero-order valence-electron chi connectivity index (χ0n) is 17.7. The van der Waals surface area contributed by atoms with Crippen molar-refractivity contribution in [2.24, 2.45) is 5.41 Å². The van der Waals surface area contributed by atoms with E-state index in [1.54, 1.807) is 7.11 Å². The number of hydrogen-bond donors (Lipinski definition) is 0. The highest BCUT2D eigenvalue weighted by atomic mass is 16.5. The standard InChI is InChI=1S/C25H32N2O2/c1-3-20-7-9-22(10-8-20)24(28)27-16-13-25(19-27)11-14-26(15-12-25)18-21-5-4-6-23(17-21)29-2/h4-10,17H,3,11-16,18-19H2,1-2H3. The van der Waals surface area contributed by atoms with E-state index >= 15 is 0 Å². The van der Waals surface area contributed by atoms with Crippen LogP contribution in [0.4, 0.5) is 0 Å². The van der Waals surface area contributed by atoms with E-state index in [2.05, 4.69) is 47.1 Å². The van der Waals surface area contributed by atoms with Gasteiger partial charge in [0.05, 0.1) is 7.11 Å². The predicted molar refractivity (Wildman–Crippen MR) is 116 cm³/mol. The summed E-state index contributed by atoms with van der Waals surface area (Å²) < 4.78 is 5.35. The Bertz CT molecular complexity index is 838. The first-order valence-electron chi connectivity index (χ1n) is 10.8. The Labute approximate surface area is 174 Å². The number of aryl methyl sites for hydroxylation is 1. The normalized spacial score (nSPS) is 18.9. The lowest BCUT2D eigenvalue weighted by Gasteiger charge is -2.39. The van der Waals surface area contributed by atoms with Gasteiger partial charge in [0.25, 0.3) is 5.91 Å². The Balaban J connectivity index is 1.32. The minimum absolute atomic E-state index is 0.198. The third-order valence-corrected chi connectivity index (χ3v) is 6.79. The molecule has 0 saturated carbocycles. The first kappa shape index (κ1) is 20.0. The molecule has 0 radical (unpaired) electrons. The van der Waals surface area contributed by atoms with Crippen molar-refractivity contribution in [3.05, 3.63) is 65.2 Å². The van der Waals surface area contributed by atoms with Crippen molar-refractivity contribution in [2.45, 2.75) is 39.2 Å². The average Bonchev–Trinajstić information content (AvgIpc) is 3.19. The molecular formula is C25H32N2O2. The quantitative estimate of drug-likeness (QED) is 0.757. The number of methoxy groups -OCH3 is 1.